The van der Waals surface area contributed by atoms with E-state index in [-0.39, 0.29) is 17.2 Å². The molecular weight excluding hydrogens is 362 g/mol. The fourth-order valence-electron chi connectivity index (χ4n) is 5.08. The predicted molar refractivity (Wildman–Crippen MR) is 110 cm³/mol. The highest BCUT2D eigenvalue weighted by Gasteiger charge is 2.49. The van der Waals surface area contributed by atoms with Crippen LogP contribution in [0.25, 0.3) is 0 Å². The van der Waals surface area contributed by atoms with Crippen LogP contribution in [0.1, 0.15) is 53.9 Å². The maximum absolute atomic E-state index is 13.2. The van der Waals surface area contributed by atoms with Gasteiger partial charge in [-0.25, -0.2) is 0 Å². The van der Waals surface area contributed by atoms with Crippen molar-refractivity contribution in [2.75, 3.05) is 19.6 Å². The summed E-state index contributed by atoms with van der Waals surface area (Å²) in [6.07, 6.45) is 8.42. The first-order valence-corrected chi connectivity index (χ1v) is 10.7. The van der Waals surface area contributed by atoms with Crippen LogP contribution < -0.4 is 0 Å². The number of likely N-dealkylation sites (tertiary alicyclic amines) is 2. The van der Waals surface area contributed by atoms with Crippen molar-refractivity contribution in [2.45, 2.75) is 44.1 Å². The smallest absolute Gasteiger partial charge is 0.255 e. The van der Waals surface area contributed by atoms with Gasteiger partial charge in [0, 0.05) is 38.1 Å². The summed E-state index contributed by atoms with van der Waals surface area (Å²) in [5, 5.41) is 0. The van der Waals surface area contributed by atoms with Crippen LogP contribution in [0.3, 0.4) is 0 Å². The zero-order valence-corrected chi connectivity index (χ0v) is 16.7. The molecule has 1 aromatic heterocycles. The van der Waals surface area contributed by atoms with Gasteiger partial charge in [0.2, 0.25) is 5.91 Å². The van der Waals surface area contributed by atoms with Gasteiger partial charge in [-0.3, -0.25) is 14.6 Å². The Balaban J connectivity index is 1.35. The summed E-state index contributed by atoms with van der Waals surface area (Å²) in [5.41, 5.74) is 1.91. The highest BCUT2D eigenvalue weighted by molar-refractivity contribution is 5.94. The SMILES string of the molecule is O=C(c1cccnc1)N1CCC2(CC1)C[C@H](c1ccccc1)C(=O)N(C1CC1)C2. The first kappa shape index (κ1) is 18.3. The lowest BCUT2D eigenvalue weighted by molar-refractivity contribution is -0.142. The van der Waals surface area contributed by atoms with Gasteiger partial charge in [0.25, 0.3) is 5.91 Å². The topological polar surface area (TPSA) is 53.5 Å². The second-order valence-corrected chi connectivity index (χ2v) is 8.90. The summed E-state index contributed by atoms with van der Waals surface area (Å²) in [7, 11) is 0. The van der Waals surface area contributed by atoms with E-state index in [0.29, 0.717) is 17.5 Å². The molecule has 2 aliphatic heterocycles. The molecule has 0 radical (unpaired) electrons. The van der Waals surface area contributed by atoms with Crippen LogP contribution in [-0.2, 0) is 4.79 Å². The molecule has 29 heavy (non-hydrogen) atoms. The van der Waals surface area contributed by atoms with Crippen molar-refractivity contribution in [3.63, 3.8) is 0 Å². The Kier molecular flexibility index (Phi) is 4.61. The number of nitrogens with zero attached hydrogens (tertiary/aromatic N) is 3. The molecule has 1 atom stereocenters. The van der Waals surface area contributed by atoms with Gasteiger partial charge in [0.15, 0.2) is 0 Å². The first-order valence-electron chi connectivity index (χ1n) is 10.7. The third-order valence-corrected chi connectivity index (χ3v) is 6.93. The molecule has 2 amide bonds. The van der Waals surface area contributed by atoms with E-state index in [1.54, 1.807) is 12.4 Å². The highest BCUT2D eigenvalue weighted by Crippen LogP contribution is 2.48. The van der Waals surface area contributed by atoms with E-state index in [9.17, 15) is 9.59 Å². The molecule has 0 bridgehead atoms. The fourth-order valence-corrected chi connectivity index (χ4v) is 5.08. The number of carbonyl (C=O) groups excluding carboxylic acids is 2. The van der Waals surface area contributed by atoms with E-state index < -0.39 is 0 Å². The van der Waals surface area contributed by atoms with Gasteiger partial charge in [-0.1, -0.05) is 30.3 Å². The van der Waals surface area contributed by atoms with Crippen LogP contribution in [0.2, 0.25) is 0 Å². The summed E-state index contributed by atoms with van der Waals surface area (Å²) in [5.74, 6) is 0.322. The molecule has 1 aromatic carbocycles. The van der Waals surface area contributed by atoms with Gasteiger partial charge in [-0.2, -0.15) is 0 Å². The van der Waals surface area contributed by atoms with Crippen LogP contribution in [-0.4, -0.2) is 52.3 Å². The van der Waals surface area contributed by atoms with Gasteiger partial charge in [-0.05, 0) is 55.2 Å². The second-order valence-electron chi connectivity index (χ2n) is 8.90. The van der Waals surface area contributed by atoms with E-state index in [0.717, 1.165) is 57.3 Å². The zero-order chi connectivity index (χ0) is 19.8. The average molecular weight is 389 g/mol. The van der Waals surface area contributed by atoms with E-state index >= 15 is 0 Å². The van der Waals surface area contributed by atoms with Crippen molar-refractivity contribution in [1.29, 1.82) is 0 Å². The molecule has 3 heterocycles. The standard InChI is InChI=1S/C24H27N3O2/c28-22(19-7-4-12-25-16-19)26-13-10-24(11-14-26)15-21(18-5-2-1-3-6-18)23(29)27(17-24)20-8-9-20/h1-7,12,16,20-21H,8-11,13-15,17H2/t21-/m1/s1. The average Bonchev–Trinajstić information content (AvgIpc) is 3.62. The Bertz CT molecular complexity index is 887. The van der Waals surface area contributed by atoms with Crippen molar-refractivity contribution < 1.29 is 9.59 Å². The number of piperidine rings is 2. The maximum Gasteiger partial charge on any atom is 0.255 e. The lowest BCUT2D eigenvalue weighted by Crippen LogP contribution is -2.55. The molecule has 5 nitrogen and oxygen atoms in total. The molecule has 5 rings (SSSR count). The number of hydrogen-bond donors (Lipinski definition) is 0. The van der Waals surface area contributed by atoms with Crippen LogP contribution in [0.4, 0.5) is 0 Å². The summed E-state index contributed by atoms with van der Waals surface area (Å²) in [6.45, 7) is 2.36. The number of rotatable bonds is 3. The number of pyridine rings is 1. The highest BCUT2D eigenvalue weighted by atomic mass is 16.2. The molecule has 1 aliphatic carbocycles. The molecule has 5 heteroatoms. The minimum atomic E-state index is -0.0499. The van der Waals surface area contributed by atoms with Gasteiger partial charge >= 0.3 is 0 Å². The van der Waals surface area contributed by atoms with Crippen molar-refractivity contribution in [1.82, 2.24) is 14.8 Å². The minimum Gasteiger partial charge on any atom is -0.339 e. The number of benzene rings is 1. The monoisotopic (exact) mass is 389 g/mol. The van der Waals surface area contributed by atoms with Crippen molar-refractivity contribution in [3.8, 4) is 0 Å². The maximum atomic E-state index is 13.2. The van der Waals surface area contributed by atoms with Gasteiger partial charge in [0.05, 0.1) is 11.5 Å². The third kappa shape index (κ3) is 3.54. The molecule has 3 fully saturated rings. The fraction of sp³-hybridized carbons (Fsp3) is 0.458. The molecule has 0 unspecified atom stereocenters. The summed E-state index contributed by atoms with van der Waals surface area (Å²) >= 11 is 0. The van der Waals surface area contributed by atoms with Crippen LogP contribution in [0, 0.1) is 5.41 Å². The van der Waals surface area contributed by atoms with E-state index in [4.69, 9.17) is 0 Å². The Hall–Kier alpha value is -2.69. The number of hydrogen-bond acceptors (Lipinski definition) is 3. The number of amides is 2. The van der Waals surface area contributed by atoms with Crippen LogP contribution in [0.15, 0.2) is 54.9 Å². The lowest BCUT2D eigenvalue weighted by Gasteiger charge is -2.50. The predicted octanol–water partition coefficient (Wildman–Crippen LogP) is 3.48. The zero-order valence-electron chi connectivity index (χ0n) is 16.7. The Morgan fingerprint density at radius 1 is 1.03 bits per heavy atom. The molecule has 2 saturated heterocycles. The van der Waals surface area contributed by atoms with Gasteiger partial charge in [0.1, 0.15) is 0 Å². The van der Waals surface area contributed by atoms with Crippen LogP contribution in [0.5, 0.6) is 0 Å². The summed E-state index contributed by atoms with van der Waals surface area (Å²) < 4.78 is 0. The molecule has 150 valence electrons. The van der Waals surface area contributed by atoms with Gasteiger partial charge < -0.3 is 9.80 Å². The molecule has 0 N–H and O–H groups in total. The number of aromatic nitrogens is 1. The van der Waals surface area contributed by atoms with Crippen LogP contribution >= 0.6 is 0 Å². The lowest BCUT2D eigenvalue weighted by atomic mass is 9.67. The van der Waals surface area contributed by atoms with Crippen molar-refractivity contribution >= 4 is 11.8 Å². The Morgan fingerprint density at radius 3 is 2.45 bits per heavy atom. The van der Waals surface area contributed by atoms with Crippen molar-refractivity contribution in [2.24, 2.45) is 5.41 Å². The first-order chi connectivity index (χ1) is 14.2. The van der Waals surface area contributed by atoms with Crippen molar-refractivity contribution in [3.05, 3.63) is 66.0 Å². The molecule has 3 aliphatic rings. The third-order valence-electron chi connectivity index (χ3n) is 6.93. The Labute approximate surface area is 171 Å². The van der Waals surface area contributed by atoms with Gasteiger partial charge in [-0.15, -0.1) is 0 Å². The summed E-state index contributed by atoms with van der Waals surface area (Å²) in [6, 6.07) is 14.3. The normalized spacial score (nSPS) is 24.0. The molecule has 2 aromatic rings. The van der Waals surface area contributed by atoms with E-state index in [1.165, 1.54) is 0 Å². The largest absolute Gasteiger partial charge is 0.339 e. The summed E-state index contributed by atoms with van der Waals surface area (Å²) in [4.78, 5) is 34.3. The molecule has 1 saturated carbocycles. The second kappa shape index (κ2) is 7.29. The molecular formula is C24H27N3O2. The van der Waals surface area contributed by atoms with E-state index in [1.807, 2.05) is 35.2 Å². The minimum absolute atomic E-state index is 0.0499. The Morgan fingerprint density at radius 2 is 1.79 bits per heavy atom. The quantitative estimate of drug-likeness (QED) is 0.808. The number of carbonyl (C=O) groups is 2. The molecule has 1 spiro atoms. The van der Waals surface area contributed by atoms with E-state index in [2.05, 4.69) is 22.0 Å².